The van der Waals surface area contributed by atoms with E-state index in [0.717, 1.165) is 10.9 Å². The summed E-state index contributed by atoms with van der Waals surface area (Å²) in [6, 6.07) is 0. The number of nitrogens with two attached hydrogens (primary N) is 1. The Kier molecular flexibility index (Phi) is 4.08. The molecule has 1 unspecified atom stereocenters. The summed E-state index contributed by atoms with van der Waals surface area (Å²) in [5, 5.41) is 3.35. The molecule has 0 saturated carbocycles. The normalized spacial score (nSPS) is 28.9. The molecular weight excluding hydrogens is 330 g/mol. The highest BCUT2D eigenvalue weighted by Gasteiger charge is 2.43. The molecule has 2 N–H and O–H groups in total. The third kappa shape index (κ3) is 2.03. The molecule has 1 saturated heterocycles. The zero-order chi connectivity index (χ0) is 9.47. The Hall–Kier alpha value is 0.480. The average molecular weight is 343 g/mol. The van der Waals surface area contributed by atoms with Crippen molar-refractivity contribution in [3.63, 3.8) is 0 Å². The Balaban J connectivity index is 0.000000980. The first-order valence-corrected chi connectivity index (χ1v) is 6.16. The number of thioether (sulfide) groups is 1. The minimum absolute atomic E-state index is 0. The number of halogens is 2. The molecule has 0 amide bonds. The fraction of sp³-hybridized carbons (Fsp3) is 0.625. The van der Waals surface area contributed by atoms with Crippen LogP contribution in [0.15, 0.2) is 17.4 Å². The van der Waals surface area contributed by atoms with Crippen molar-refractivity contribution < 1.29 is 22.4 Å². The monoisotopic (exact) mass is 341 g/mol. The molecule has 0 aliphatic carbocycles. The van der Waals surface area contributed by atoms with E-state index in [2.05, 4.69) is 45.2 Å². The van der Waals surface area contributed by atoms with E-state index in [1.54, 1.807) is 11.8 Å². The smallest absolute Gasteiger partial charge is 0.212 e. The molecule has 1 atom stereocenters. The predicted molar refractivity (Wildman–Crippen MR) is 59.6 cm³/mol. The van der Waals surface area contributed by atoms with E-state index < -0.39 is 0 Å². The van der Waals surface area contributed by atoms with Crippen LogP contribution in [0.4, 0.5) is 0 Å². The number of quaternary nitrogens is 1. The number of hydrogen-bond donors (Lipinski definition) is 1. The average Bonchev–Trinajstić information content (AvgIpc) is 2.13. The number of hydrogen-bond acceptors (Lipinski definition) is 3. The number of aliphatic imine (C=N–C) groups is 1. The molecule has 0 radical (unpaired) electrons. The lowest BCUT2D eigenvalue weighted by atomic mass is 10.0. The summed E-state index contributed by atoms with van der Waals surface area (Å²) in [5.41, 5.74) is 2.22. The maximum absolute atomic E-state index is 4.35. The van der Waals surface area contributed by atoms with E-state index in [4.69, 9.17) is 0 Å². The maximum Gasteiger partial charge on any atom is 0.212 e. The van der Waals surface area contributed by atoms with Crippen LogP contribution in [0.25, 0.3) is 0 Å². The molecule has 2 aliphatic rings. The van der Waals surface area contributed by atoms with Crippen LogP contribution in [0.2, 0.25) is 0 Å². The summed E-state index contributed by atoms with van der Waals surface area (Å²) in [6.45, 7) is 4.47. The summed E-state index contributed by atoms with van der Waals surface area (Å²) < 4.78 is 0. The fourth-order valence-corrected chi connectivity index (χ4v) is 3.30. The second-order valence-electron chi connectivity index (χ2n) is 3.70. The predicted octanol–water partition coefficient (Wildman–Crippen LogP) is -2.10. The molecule has 1 fully saturated rings. The van der Waals surface area contributed by atoms with Crippen LogP contribution in [0.3, 0.4) is 0 Å². The van der Waals surface area contributed by atoms with Crippen molar-refractivity contribution in [2.75, 3.05) is 5.75 Å². The van der Waals surface area contributed by atoms with Crippen LogP contribution in [0.5, 0.6) is 0 Å². The van der Waals surface area contributed by atoms with Gasteiger partial charge in [0, 0.05) is 5.75 Å². The van der Waals surface area contributed by atoms with Gasteiger partial charge in [0.2, 0.25) is 5.17 Å². The standard InChI is InChI=1S/C8H12BrN3S.BrH/c1-8(2)6(9)5-13-7-10-3-4-11-12(7)8;/h3-4,6,11H,5H2,1-2H3;1H. The number of rotatable bonds is 0. The first-order chi connectivity index (χ1) is 6.12. The van der Waals surface area contributed by atoms with Gasteiger partial charge in [-0.15, -0.1) is 0 Å². The maximum atomic E-state index is 4.35. The third-order valence-corrected chi connectivity index (χ3v) is 5.39. The van der Waals surface area contributed by atoms with Gasteiger partial charge < -0.3 is 17.0 Å². The summed E-state index contributed by atoms with van der Waals surface area (Å²) in [5.74, 6) is 1.09. The number of nitrogens with zero attached hydrogens (tertiary/aromatic N) is 2. The lowest BCUT2D eigenvalue weighted by molar-refractivity contribution is -0.743. The summed E-state index contributed by atoms with van der Waals surface area (Å²) in [6.07, 6.45) is 3.83. The summed E-state index contributed by atoms with van der Waals surface area (Å²) in [4.78, 5) is 4.86. The topological polar surface area (TPSA) is 32.2 Å². The lowest BCUT2D eigenvalue weighted by Gasteiger charge is -2.43. The van der Waals surface area contributed by atoms with E-state index in [1.165, 1.54) is 0 Å². The van der Waals surface area contributed by atoms with Gasteiger partial charge in [0.05, 0.1) is 11.0 Å². The van der Waals surface area contributed by atoms with Crippen molar-refractivity contribution in [1.82, 2.24) is 5.01 Å². The highest BCUT2D eigenvalue weighted by atomic mass is 79.9. The van der Waals surface area contributed by atoms with Crippen LogP contribution < -0.4 is 22.4 Å². The van der Waals surface area contributed by atoms with E-state index in [1.807, 2.05) is 12.4 Å². The molecule has 0 aromatic rings. The Labute approximate surface area is 107 Å². The number of amidine groups is 1. The zero-order valence-electron chi connectivity index (χ0n) is 8.08. The van der Waals surface area contributed by atoms with Gasteiger partial charge >= 0.3 is 0 Å². The zero-order valence-corrected chi connectivity index (χ0v) is 12.1. The largest absolute Gasteiger partial charge is 1.00 e. The number of alkyl halides is 1. The first kappa shape index (κ1) is 12.5. The lowest BCUT2D eigenvalue weighted by Crippen LogP contribution is -3.00. The molecule has 2 aliphatic heterocycles. The van der Waals surface area contributed by atoms with Crippen molar-refractivity contribution >= 4 is 32.9 Å². The van der Waals surface area contributed by atoms with Crippen molar-refractivity contribution in [2.24, 2.45) is 4.99 Å². The summed E-state index contributed by atoms with van der Waals surface area (Å²) >= 11 is 5.51. The fourth-order valence-electron chi connectivity index (χ4n) is 1.41. The van der Waals surface area contributed by atoms with Gasteiger partial charge in [-0.3, -0.25) is 0 Å². The Morgan fingerprint density at radius 2 is 2.43 bits per heavy atom. The molecule has 0 aromatic carbocycles. The molecule has 6 heteroatoms. The first-order valence-electron chi connectivity index (χ1n) is 4.26. The van der Waals surface area contributed by atoms with Gasteiger partial charge in [-0.05, 0) is 13.8 Å². The minimum Gasteiger partial charge on any atom is -1.00 e. The van der Waals surface area contributed by atoms with Gasteiger partial charge in [-0.25, -0.2) is 10.4 Å². The third-order valence-electron chi connectivity index (χ3n) is 2.46. The van der Waals surface area contributed by atoms with E-state index in [-0.39, 0.29) is 22.5 Å². The second kappa shape index (κ2) is 4.55. The highest BCUT2D eigenvalue weighted by molar-refractivity contribution is 9.09. The van der Waals surface area contributed by atoms with Crippen molar-refractivity contribution in [1.29, 1.82) is 0 Å². The van der Waals surface area contributed by atoms with Gasteiger partial charge in [-0.2, -0.15) is 5.01 Å². The van der Waals surface area contributed by atoms with E-state index in [9.17, 15) is 0 Å². The number of fused-ring (bicyclic) bond motifs is 1. The van der Waals surface area contributed by atoms with Crippen molar-refractivity contribution in [3.05, 3.63) is 12.4 Å². The molecule has 0 bridgehead atoms. The molecule has 2 heterocycles. The van der Waals surface area contributed by atoms with Crippen molar-refractivity contribution in [3.8, 4) is 0 Å². The van der Waals surface area contributed by atoms with Gasteiger partial charge in [0.15, 0.2) is 0 Å². The molecule has 0 aromatic heterocycles. The molecule has 14 heavy (non-hydrogen) atoms. The quantitative estimate of drug-likeness (QED) is 0.404. The Bertz CT molecular complexity index is 278. The highest BCUT2D eigenvalue weighted by Crippen LogP contribution is 2.33. The molecule has 0 spiro atoms. The minimum atomic E-state index is 0. The van der Waals surface area contributed by atoms with Crippen LogP contribution in [0, 0.1) is 0 Å². The van der Waals surface area contributed by atoms with E-state index >= 15 is 0 Å². The van der Waals surface area contributed by atoms with Crippen molar-refractivity contribution in [2.45, 2.75) is 24.2 Å². The molecule has 80 valence electrons. The molecule has 2 rings (SSSR count). The van der Waals surface area contributed by atoms with Gasteiger partial charge in [0.25, 0.3) is 0 Å². The Morgan fingerprint density at radius 3 is 3.14 bits per heavy atom. The second-order valence-corrected chi connectivity index (χ2v) is 5.80. The molecular formula is C8H13Br2N3S. The van der Waals surface area contributed by atoms with Crippen LogP contribution in [0.1, 0.15) is 13.8 Å². The van der Waals surface area contributed by atoms with E-state index in [0.29, 0.717) is 4.83 Å². The van der Waals surface area contributed by atoms with Gasteiger partial charge in [0.1, 0.15) is 11.7 Å². The molecule has 3 nitrogen and oxygen atoms in total. The summed E-state index contributed by atoms with van der Waals surface area (Å²) in [7, 11) is 0. The Morgan fingerprint density at radius 1 is 1.71 bits per heavy atom. The van der Waals surface area contributed by atoms with Crippen LogP contribution in [-0.2, 0) is 0 Å². The van der Waals surface area contributed by atoms with Crippen LogP contribution >= 0.6 is 27.7 Å². The SMILES string of the molecule is CC1(C)C(Br)CSC2=NC=C[NH2+]N21.[Br-]. The van der Waals surface area contributed by atoms with Gasteiger partial charge in [-0.1, -0.05) is 27.7 Å². The van der Waals surface area contributed by atoms with Crippen LogP contribution in [-0.4, -0.2) is 26.3 Å².